The first-order valence-electron chi connectivity index (χ1n) is 17.3. The molecule has 0 aliphatic heterocycles. The molecule has 20 nitrogen and oxygen atoms in total. The Morgan fingerprint density at radius 3 is 1.95 bits per heavy atom. The van der Waals surface area contributed by atoms with Crippen LogP contribution in [0.25, 0.3) is 21.5 Å². The van der Waals surface area contributed by atoms with Crippen LogP contribution in [-0.4, -0.2) is 44.8 Å². The Hall–Kier alpha value is -6.38. The molecule has 0 aliphatic rings. The Bertz CT molecular complexity index is 3040. The number of anilines is 2. The fourth-order valence-electron chi connectivity index (χ4n) is 5.76. The Kier molecular flexibility index (Phi) is 15.1. The van der Waals surface area contributed by atoms with E-state index < -0.39 is 21.0 Å². The Morgan fingerprint density at radius 2 is 1.27 bits per heavy atom. The zero-order valence-corrected chi connectivity index (χ0v) is 34.7. The number of aromatic carboxylic acids is 1. The molecule has 0 fully saturated rings. The van der Waals surface area contributed by atoms with E-state index in [-0.39, 0.29) is 67.2 Å². The number of hydrogen-bond donors (Lipinski definition) is 7. The number of carboxylic acid groups (broad SMARTS) is 1. The topological polar surface area (TPSA) is 296 Å². The molecule has 0 aromatic heterocycles. The van der Waals surface area contributed by atoms with E-state index in [1.165, 1.54) is 54.6 Å². The fraction of sp³-hybridized carbons (Fsp3) is 0. The van der Waals surface area contributed by atoms with Gasteiger partial charge < -0.3 is 20.6 Å². The van der Waals surface area contributed by atoms with Crippen LogP contribution in [0.1, 0.15) is 10.4 Å². The van der Waals surface area contributed by atoms with Crippen LogP contribution in [0, 0.1) is 0 Å². The first-order chi connectivity index (χ1) is 29.9. The van der Waals surface area contributed by atoms with Gasteiger partial charge in [-0.05, 0) is 102 Å². The molecule has 7 aromatic rings. The summed E-state index contributed by atoms with van der Waals surface area (Å²) in [5, 5.41) is 86.0. The molecule has 0 saturated heterocycles. The van der Waals surface area contributed by atoms with Crippen molar-refractivity contribution in [2.24, 2.45) is 30.7 Å². The Balaban J connectivity index is 0.00000661. The summed E-state index contributed by atoms with van der Waals surface area (Å²) in [5.41, 5.74) is 2.14. The van der Waals surface area contributed by atoms with E-state index in [4.69, 9.17) is 10.5 Å². The molecule has 7 N–H and O–H groups in total. The van der Waals surface area contributed by atoms with Gasteiger partial charge in [0.2, 0.25) is 0 Å². The second-order valence-electron chi connectivity index (χ2n) is 12.5. The van der Waals surface area contributed by atoms with Gasteiger partial charge in [-0.3, -0.25) is 4.55 Å². The first kappa shape index (κ1) is 46.1. The molecule has 0 unspecified atom stereocenters. The molecule has 1 radical (unpaired) electrons. The van der Waals surface area contributed by atoms with E-state index in [1.807, 2.05) is 0 Å². The van der Waals surface area contributed by atoms with Crippen molar-refractivity contribution in [3.63, 3.8) is 0 Å². The number of nitrogens with one attached hydrogen (secondary N) is 1. The summed E-state index contributed by atoms with van der Waals surface area (Å²) in [6.45, 7) is 0. The molecule has 0 aliphatic carbocycles. The molecule has 24 heteroatoms. The number of carbonyl (C=O) groups is 1. The number of nitrogens with zero attached hydrogens (tertiary/aromatic N) is 6. The van der Waals surface area contributed by atoms with Crippen molar-refractivity contribution in [3.05, 3.63) is 127 Å². The zero-order chi connectivity index (χ0) is 43.8. The largest absolute Gasteiger partial charge is 0.506 e. The van der Waals surface area contributed by atoms with Crippen LogP contribution < -0.4 is 5.32 Å². The molecule has 0 amide bonds. The van der Waals surface area contributed by atoms with Gasteiger partial charge in [-0.2, -0.15) is 18.6 Å². The van der Waals surface area contributed by atoms with Crippen molar-refractivity contribution in [1.29, 1.82) is 0 Å². The van der Waals surface area contributed by atoms with E-state index in [0.717, 1.165) is 12.0 Å². The van der Waals surface area contributed by atoms with Crippen LogP contribution in [0.4, 0.5) is 45.5 Å². The van der Waals surface area contributed by atoms with Gasteiger partial charge in [0, 0.05) is 55.6 Å². The second kappa shape index (κ2) is 20.7. The SMILES string of the molecule is O=C(O)c1ccc(Nc2ccc3cc(SOOO)c(N=Nc4ccc(N=Nc5ccc(N=Nc6cccc(SOOO)c6)c6ccc(S(=O)(=O)O)cc56)cc4O)c(O)c3c2)cc1.[Cu]. The predicted molar refractivity (Wildman–Crippen MR) is 224 cm³/mol. The van der Waals surface area contributed by atoms with Gasteiger partial charge in [0.15, 0.2) is 5.75 Å². The normalized spacial score (nSPS) is 11.9. The van der Waals surface area contributed by atoms with Gasteiger partial charge in [0.25, 0.3) is 10.1 Å². The van der Waals surface area contributed by atoms with E-state index in [1.54, 1.807) is 66.7 Å². The van der Waals surface area contributed by atoms with Crippen molar-refractivity contribution in [2.45, 2.75) is 14.7 Å². The summed E-state index contributed by atoms with van der Waals surface area (Å²) in [5.74, 6) is -1.79. The van der Waals surface area contributed by atoms with E-state index in [0.29, 0.717) is 55.8 Å². The minimum atomic E-state index is -4.61. The summed E-state index contributed by atoms with van der Waals surface area (Å²) in [6.07, 6.45) is 0. The third kappa shape index (κ3) is 11.4. The number of aromatic hydroxyl groups is 2. The van der Waals surface area contributed by atoms with Crippen molar-refractivity contribution >= 4 is 107 Å². The number of carboxylic acids is 1. The summed E-state index contributed by atoms with van der Waals surface area (Å²) >= 11 is 1.26. The minimum Gasteiger partial charge on any atom is -0.506 e. The zero-order valence-electron chi connectivity index (χ0n) is 31.3. The van der Waals surface area contributed by atoms with Crippen LogP contribution in [-0.2, 0) is 45.9 Å². The van der Waals surface area contributed by atoms with Crippen LogP contribution in [0.5, 0.6) is 11.5 Å². The molecule has 0 spiro atoms. The third-order valence-electron chi connectivity index (χ3n) is 8.61. The number of benzene rings is 7. The summed E-state index contributed by atoms with van der Waals surface area (Å²) in [4.78, 5) is 11.5. The van der Waals surface area contributed by atoms with Crippen molar-refractivity contribution in [1.82, 2.24) is 0 Å². The van der Waals surface area contributed by atoms with Gasteiger partial charge in [0.1, 0.15) is 17.1 Å². The first-order valence-corrected chi connectivity index (χ1v) is 20.2. The molecule has 0 atom stereocenters. The maximum atomic E-state index is 12.0. The average molecular weight is 961 g/mol. The predicted octanol–water partition coefficient (Wildman–Crippen LogP) is 12.2. The number of fused-ring (bicyclic) bond motifs is 2. The molecule has 7 aromatic carbocycles. The molecule has 0 bridgehead atoms. The molecular formula is C39H27CuN7O13S3. The Morgan fingerprint density at radius 1 is 0.619 bits per heavy atom. The van der Waals surface area contributed by atoms with Crippen LogP contribution >= 0.6 is 24.1 Å². The number of azo groups is 3. The molecular weight excluding hydrogens is 934 g/mol. The third-order valence-corrected chi connectivity index (χ3v) is 10.7. The van der Waals surface area contributed by atoms with Gasteiger partial charge in [-0.15, -0.1) is 29.1 Å². The number of phenolic OH excluding ortho intramolecular Hbond substituents is 2. The van der Waals surface area contributed by atoms with Crippen molar-refractivity contribution in [3.8, 4) is 11.5 Å². The summed E-state index contributed by atoms with van der Waals surface area (Å²) in [6, 6.07) is 30.3. The van der Waals surface area contributed by atoms with Gasteiger partial charge in [0.05, 0.1) is 62.2 Å². The monoisotopic (exact) mass is 960 g/mol. The van der Waals surface area contributed by atoms with E-state index >= 15 is 0 Å². The van der Waals surface area contributed by atoms with Crippen LogP contribution in [0.3, 0.4) is 0 Å². The van der Waals surface area contributed by atoms with Crippen LogP contribution in [0.2, 0.25) is 0 Å². The summed E-state index contributed by atoms with van der Waals surface area (Å²) in [7, 11) is -4.61. The average Bonchev–Trinajstić information content (AvgIpc) is 3.26. The number of hydrogen-bond acceptors (Lipinski definition) is 20. The van der Waals surface area contributed by atoms with E-state index in [2.05, 4.69) is 54.7 Å². The number of phenols is 2. The molecule has 0 saturated carbocycles. The van der Waals surface area contributed by atoms with Gasteiger partial charge in [-0.25, -0.2) is 15.3 Å². The van der Waals surface area contributed by atoms with E-state index in [9.17, 15) is 33.1 Å². The smallest absolute Gasteiger partial charge is 0.335 e. The van der Waals surface area contributed by atoms with Crippen LogP contribution in [0.15, 0.2) is 167 Å². The molecule has 325 valence electrons. The van der Waals surface area contributed by atoms with Crippen molar-refractivity contribution in [2.75, 3.05) is 5.32 Å². The Labute approximate surface area is 373 Å². The molecule has 0 heterocycles. The van der Waals surface area contributed by atoms with Crippen molar-refractivity contribution < 1.29 is 79.4 Å². The quantitative estimate of drug-likeness (QED) is 0.0118. The van der Waals surface area contributed by atoms with Gasteiger partial charge >= 0.3 is 5.97 Å². The van der Waals surface area contributed by atoms with Gasteiger partial charge in [-0.1, -0.05) is 28.3 Å². The number of rotatable bonds is 16. The second-order valence-corrected chi connectivity index (χ2v) is 15.5. The summed E-state index contributed by atoms with van der Waals surface area (Å²) < 4.78 is 42.9. The maximum absolute atomic E-state index is 12.0. The molecule has 7 rings (SSSR count). The standard InChI is InChI=1S/C39H27N7O13S3.Cu/c47-35-19-26(42-44-33-15-14-32(29-12-11-28(20-31(29)33)62(53,54)55)43-41-25-2-1-3-27(17-25)60-58-56-51)10-13-34(35)45-46-37-36(61-59-57-52)16-22-6-9-24(18-30(22)38(37)48)40-23-7-4-21(5-8-23)39(49)50;/h1-20,40,47-48,51-52H,(H,49,50)(H,53,54,55);. The minimum absolute atomic E-state index is 0. The molecule has 63 heavy (non-hydrogen) atoms. The fourth-order valence-corrected chi connectivity index (χ4v) is 7.18. The maximum Gasteiger partial charge on any atom is 0.335 e.